The van der Waals surface area contributed by atoms with Gasteiger partial charge in [-0.05, 0) is 11.6 Å². The minimum atomic E-state index is -0.283. The fourth-order valence-electron chi connectivity index (χ4n) is 1.75. The third-order valence-corrected chi connectivity index (χ3v) is 2.74. The molecule has 0 aliphatic heterocycles. The van der Waals surface area contributed by atoms with Gasteiger partial charge in [-0.1, -0.05) is 24.3 Å². The summed E-state index contributed by atoms with van der Waals surface area (Å²) in [5.74, 6) is 0. The number of pyridine rings is 1. The monoisotopic (exact) mass is 232 g/mol. The largest absolute Gasteiger partial charge is 0.395 e. The van der Waals surface area contributed by atoms with Gasteiger partial charge in [0.2, 0.25) is 0 Å². The van der Waals surface area contributed by atoms with Crippen LogP contribution in [-0.2, 0) is 6.54 Å². The first kappa shape index (κ1) is 12.0. The first-order chi connectivity index (χ1) is 8.35. The van der Waals surface area contributed by atoms with Crippen LogP contribution in [-0.4, -0.2) is 34.5 Å². The Hall–Kier alpha value is -1.49. The van der Waals surface area contributed by atoms with Crippen LogP contribution in [0.5, 0.6) is 0 Å². The number of aromatic nitrogens is 1. The number of fused-ring (bicyclic) bond motifs is 1. The van der Waals surface area contributed by atoms with E-state index in [2.05, 4.69) is 10.3 Å². The normalized spacial score (nSPS) is 11.2. The lowest BCUT2D eigenvalue weighted by Gasteiger charge is -2.13. The van der Waals surface area contributed by atoms with E-state index in [1.807, 2.05) is 30.3 Å². The van der Waals surface area contributed by atoms with Crippen LogP contribution in [0, 0.1) is 0 Å². The van der Waals surface area contributed by atoms with E-state index in [0.717, 1.165) is 16.5 Å². The van der Waals surface area contributed by atoms with Gasteiger partial charge in [-0.15, -0.1) is 0 Å². The Bertz CT molecular complexity index is 478. The van der Waals surface area contributed by atoms with Crippen molar-refractivity contribution in [2.45, 2.75) is 12.6 Å². The second-order valence-electron chi connectivity index (χ2n) is 3.94. The van der Waals surface area contributed by atoms with E-state index < -0.39 is 0 Å². The molecule has 4 nitrogen and oxygen atoms in total. The van der Waals surface area contributed by atoms with E-state index in [1.165, 1.54) is 0 Å². The van der Waals surface area contributed by atoms with Crippen LogP contribution < -0.4 is 5.32 Å². The van der Waals surface area contributed by atoms with Crippen LogP contribution in [0.25, 0.3) is 10.9 Å². The third-order valence-electron chi connectivity index (χ3n) is 2.74. The molecule has 0 aliphatic carbocycles. The van der Waals surface area contributed by atoms with Crippen LogP contribution in [0.15, 0.2) is 36.5 Å². The van der Waals surface area contributed by atoms with Crippen molar-refractivity contribution in [3.05, 3.63) is 42.1 Å². The molecule has 0 aliphatic rings. The number of benzene rings is 1. The van der Waals surface area contributed by atoms with Crippen LogP contribution in [0.4, 0.5) is 0 Å². The summed E-state index contributed by atoms with van der Waals surface area (Å²) >= 11 is 0. The number of aliphatic hydroxyl groups excluding tert-OH is 2. The van der Waals surface area contributed by atoms with Gasteiger partial charge >= 0.3 is 0 Å². The maximum atomic E-state index is 8.98. The fraction of sp³-hybridized carbons (Fsp3) is 0.308. The lowest BCUT2D eigenvalue weighted by atomic mass is 10.1. The summed E-state index contributed by atoms with van der Waals surface area (Å²) in [6.07, 6.45) is 1.77. The molecule has 0 saturated heterocycles. The molecule has 4 heteroatoms. The summed E-state index contributed by atoms with van der Waals surface area (Å²) in [6, 6.07) is 9.63. The maximum absolute atomic E-state index is 8.98. The highest BCUT2D eigenvalue weighted by Gasteiger charge is 2.06. The second-order valence-corrected chi connectivity index (χ2v) is 3.94. The van der Waals surface area contributed by atoms with Crippen LogP contribution >= 0.6 is 0 Å². The molecule has 1 heterocycles. The zero-order valence-corrected chi connectivity index (χ0v) is 9.50. The Balaban J connectivity index is 2.18. The Morgan fingerprint density at radius 1 is 1.12 bits per heavy atom. The van der Waals surface area contributed by atoms with Gasteiger partial charge in [0.25, 0.3) is 0 Å². The average Bonchev–Trinajstić information content (AvgIpc) is 2.40. The third kappa shape index (κ3) is 2.79. The minimum Gasteiger partial charge on any atom is -0.395 e. The molecular formula is C13H16N2O2. The van der Waals surface area contributed by atoms with Crippen molar-refractivity contribution < 1.29 is 10.2 Å². The van der Waals surface area contributed by atoms with Crippen molar-refractivity contribution in [1.29, 1.82) is 0 Å². The molecule has 1 aromatic carbocycles. The standard InChI is InChI=1S/C13H16N2O2/c16-8-12(9-17)15-7-11-4-1-3-10-5-2-6-14-13(10)11/h1-6,12,15-17H,7-9H2. The zero-order valence-electron chi connectivity index (χ0n) is 9.50. The molecular weight excluding hydrogens is 216 g/mol. The van der Waals surface area contributed by atoms with Gasteiger partial charge in [-0.2, -0.15) is 0 Å². The van der Waals surface area contributed by atoms with E-state index >= 15 is 0 Å². The summed E-state index contributed by atoms with van der Waals surface area (Å²) in [7, 11) is 0. The summed E-state index contributed by atoms with van der Waals surface area (Å²) in [5.41, 5.74) is 2.02. The Morgan fingerprint density at radius 2 is 1.88 bits per heavy atom. The van der Waals surface area contributed by atoms with E-state index in [9.17, 15) is 0 Å². The molecule has 0 radical (unpaired) electrons. The summed E-state index contributed by atoms with van der Waals surface area (Å²) in [5, 5.41) is 22.1. The molecule has 2 aromatic rings. The van der Waals surface area contributed by atoms with Gasteiger partial charge in [0, 0.05) is 18.1 Å². The summed E-state index contributed by atoms with van der Waals surface area (Å²) in [4.78, 5) is 4.35. The smallest absolute Gasteiger partial charge is 0.0746 e. The van der Waals surface area contributed by atoms with Gasteiger partial charge in [0.15, 0.2) is 0 Å². The lowest BCUT2D eigenvalue weighted by molar-refractivity contribution is 0.170. The van der Waals surface area contributed by atoms with Crippen molar-refractivity contribution >= 4 is 10.9 Å². The predicted molar refractivity (Wildman–Crippen MR) is 66.5 cm³/mol. The number of nitrogens with one attached hydrogen (secondary N) is 1. The predicted octanol–water partition coefficient (Wildman–Crippen LogP) is 0.678. The number of hydrogen-bond donors (Lipinski definition) is 3. The molecule has 0 atom stereocenters. The number of para-hydroxylation sites is 1. The molecule has 2 rings (SSSR count). The molecule has 0 bridgehead atoms. The van der Waals surface area contributed by atoms with Crippen molar-refractivity contribution in [1.82, 2.24) is 10.3 Å². The van der Waals surface area contributed by atoms with Gasteiger partial charge in [0.1, 0.15) is 0 Å². The average molecular weight is 232 g/mol. The van der Waals surface area contributed by atoms with Gasteiger partial charge in [-0.25, -0.2) is 0 Å². The van der Waals surface area contributed by atoms with Gasteiger partial charge in [0.05, 0.1) is 24.8 Å². The highest BCUT2D eigenvalue weighted by atomic mass is 16.3. The van der Waals surface area contributed by atoms with Crippen LogP contribution in [0.3, 0.4) is 0 Å². The molecule has 17 heavy (non-hydrogen) atoms. The quantitative estimate of drug-likeness (QED) is 0.709. The molecule has 0 saturated carbocycles. The number of aliphatic hydroxyl groups is 2. The summed E-state index contributed by atoms with van der Waals surface area (Å²) < 4.78 is 0. The van der Waals surface area contributed by atoms with E-state index in [4.69, 9.17) is 10.2 Å². The molecule has 0 unspecified atom stereocenters. The highest BCUT2D eigenvalue weighted by Crippen LogP contribution is 2.15. The Labute approximate surface area is 99.9 Å². The van der Waals surface area contributed by atoms with E-state index in [-0.39, 0.29) is 19.3 Å². The highest BCUT2D eigenvalue weighted by molar-refractivity contribution is 5.81. The van der Waals surface area contributed by atoms with Gasteiger partial charge < -0.3 is 15.5 Å². The van der Waals surface area contributed by atoms with Crippen molar-refractivity contribution in [3.63, 3.8) is 0 Å². The zero-order chi connectivity index (χ0) is 12.1. The van der Waals surface area contributed by atoms with E-state index in [1.54, 1.807) is 6.20 Å². The summed E-state index contributed by atoms with van der Waals surface area (Å²) in [6.45, 7) is 0.434. The fourth-order valence-corrected chi connectivity index (χ4v) is 1.75. The molecule has 3 N–H and O–H groups in total. The van der Waals surface area contributed by atoms with Crippen molar-refractivity contribution in [3.8, 4) is 0 Å². The second kappa shape index (κ2) is 5.72. The molecule has 90 valence electrons. The molecule has 0 fully saturated rings. The lowest BCUT2D eigenvalue weighted by Crippen LogP contribution is -2.35. The minimum absolute atomic E-state index is 0.0747. The van der Waals surface area contributed by atoms with Crippen LogP contribution in [0.1, 0.15) is 5.56 Å². The first-order valence-corrected chi connectivity index (χ1v) is 5.63. The van der Waals surface area contributed by atoms with E-state index in [0.29, 0.717) is 6.54 Å². The molecule has 0 amide bonds. The SMILES string of the molecule is OCC(CO)NCc1cccc2cccnc12. The van der Waals surface area contributed by atoms with Crippen molar-refractivity contribution in [2.24, 2.45) is 0 Å². The molecule has 0 spiro atoms. The maximum Gasteiger partial charge on any atom is 0.0746 e. The van der Waals surface area contributed by atoms with Crippen molar-refractivity contribution in [2.75, 3.05) is 13.2 Å². The number of rotatable bonds is 5. The van der Waals surface area contributed by atoms with Crippen LogP contribution in [0.2, 0.25) is 0 Å². The van der Waals surface area contributed by atoms with Gasteiger partial charge in [-0.3, -0.25) is 4.98 Å². The molecule has 1 aromatic heterocycles. The number of hydrogen-bond acceptors (Lipinski definition) is 4. The first-order valence-electron chi connectivity index (χ1n) is 5.63. The number of nitrogens with zero attached hydrogens (tertiary/aromatic N) is 1. The Kier molecular flexibility index (Phi) is 4.03. The topological polar surface area (TPSA) is 65.4 Å². The Morgan fingerprint density at radius 3 is 2.65 bits per heavy atom.